The molecule has 2 aromatic rings. The van der Waals surface area contributed by atoms with Crippen LogP contribution < -0.4 is 0 Å². The highest BCUT2D eigenvalue weighted by Gasteiger charge is 2.26. The minimum Gasteiger partial charge on any atom is -0.468 e. The van der Waals surface area contributed by atoms with E-state index >= 15 is 0 Å². The Balaban J connectivity index is 1.66. The summed E-state index contributed by atoms with van der Waals surface area (Å²) in [5, 5.41) is 0. The van der Waals surface area contributed by atoms with Gasteiger partial charge in [0.25, 0.3) is 0 Å². The van der Waals surface area contributed by atoms with Crippen molar-refractivity contribution in [3.8, 4) is 0 Å². The molecule has 2 aromatic heterocycles. The van der Waals surface area contributed by atoms with Crippen molar-refractivity contribution in [1.29, 1.82) is 0 Å². The fourth-order valence-electron chi connectivity index (χ4n) is 3.30. The summed E-state index contributed by atoms with van der Waals surface area (Å²) in [6.07, 6.45) is 5.49. The predicted octanol–water partition coefficient (Wildman–Crippen LogP) is 1.60. The number of ether oxygens (including phenoxy) is 1. The number of fused-ring (bicyclic) bond motifs is 1. The molecule has 7 heteroatoms. The van der Waals surface area contributed by atoms with Gasteiger partial charge in [-0.2, -0.15) is 0 Å². The van der Waals surface area contributed by atoms with Gasteiger partial charge in [0, 0.05) is 44.6 Å². The van der Waals surface area contributed by atoms with Gasteiger partial charge in [-0.1, -0.05) is 0 Å². The number of hydrogen-bond donors (Lipinski definition) is 0. The maximum atomic E-state index is 12.5. The second-order valence-electron chi connectivity index (χ2n) is 6.55. The molecule has 0 saturated carbocycles. The molecule has 0 bridgehead atoms. The van der Waals surface area contributed by atoms with E-state index in [2.05, 4.69) is 21.5 Å². The van der Waals surface area contributed by atoms with Gasteiger partial charge in [-0.25, -0.2) is 4.98 Å². The molecule has 0 N–H and O–H groups in total. The average molecular weight is 346 g/mol. The first-order valence-electron chi connectivity index (χ1n) is 8.72. The molecule has 1 atom stereocenters. The molecule has 0 saturated heterocycles. The van der Waals surface area contributed by atoms with Crippen LogP contribution in [0.5, 0.6) is 0 Å². The summed E-state index contributed by atoms with van der Waals surface area (Å²) in [6.45, 7) is 6.31. The smallest absolute Gasteiger partial charge is 0.248 e. The molecule has 1 aliphatic heterocycles. The lowest BCUT2D eigenvalue weighted by atomic mass is 10.1. The second-order valence-corrected chi connectivity index (χ2v) is 6.55. The zero-order valence-corrected chi connectivity index (χ0v) is 14.9. The molecule has 1 amide bonds. The average Bonchev–Trinajstić information content (AvgIpc) is 3.21. The van der Waals surface area contributed by atoms with E-state index in [1.807, 2.05) is 30.2 Å². The van der Waals surface area contributed by atoms with Crippen LogP contribution in [-0.2, 0) is 29.2 Å². The van der Waals surface area contributed by atoms with Crippen molar-refractivity contribution >= 4 is 5.91 Å². The summed E-state index contributed by atoms with van der Waals surface area (Å²) in [7, 11) is 2.08. The summed E-state index contributed by atoms with van der Waals surface area (Å²) in [5.41, 5.74) is 0. The van der Waals surface area contributed by atoms with Crippen molar-refractivity contribution < 1.29 is 13.9 Å². The molecule has 0 spiro atoms. The van der Waals surface area contributed by atoms with E-state index in [-0.39, 0.29) is 12.5 Å². The van der Waals surface area contributed by atoms with Crippen molar-refractivity contribution in [2.45, 2.75) is 26.6 Å². The number of aromatic nitrogens is 2. The molecule has 0 fully saturated rings. The SMILES string of the molecule is CCOCC(=O)N1Cc2nccn2CC(CN(C)Cc2ccco2)C1. The van der Waals surface area contributed by atoms with Crippen molar-refractivity contribution in [3.05, 3.63) is 42.4 Å². The van der Waals surface area contributed by atoms with E-state index < -0.39 is 0 Å². The van der Waals surface area contributed by atoms with Crippen LogP contribution in [0.3, 0.4) is 0 Å². The fourth-order valence-corrected chi connectivity index (χ4v) is 3.30. The standard InChI is InChI=1S/C18H26N4O3/c1-3-24-14-18(23)22-11-15(10-21-7-6-19-17(21)13-22)9-20(2)12-16-5-4-8-25-16/h4-8,15H,3,9-14H2,1-2H3. The Morgan fingerprint density at radius 3 is 3.12 bits per heavy atom. The lowest BCUT2D eigenvalue weighted by molar-refractivity contribution is -0.137. The van der Waals surface area contributed by atoms with E-state index in [9.17, 15) is 4.79 Å². The lowest BCUT2D eigenvalue weighted by Crippen LogP contribution is -2.39. The van der Waals surface area contributed by atoms with Gasteiger partial charge in [0.05, 0.1) is 19.4 Å². The summed E-state index contributed by atoms with van der Waals surface area (Å²) >= 11 is 0. The zero-order valence-electron chi connectivity index (χ0n) is 14.9. The number of imidazole rings is 1. The van der Waals surface area contributed by atoms with Crippen LogP contribution in [0.1, 0.15) is 18.5 Å². The molecule has 1 aliphatic rings. The minimum atomic E-state index is 0.0250. The zero-order chi connectivity index (χ0) is 17.6. The summed E-state index contributed by atoms with van der Waals surface area (Å²) in [5.74, 6) is 2.22. The van der Waals surface area contributed by atoms with E-state index in [0.717, 1.165) is 31.2 Å². The molecular weight excluding hydrogens is 320 g/mol. The number of hydrogen-bond acceptors (Lipinski definition) is 5. The molecule has 1 unspecified atom stereocenters. The Hall–Kier alpha value is -2.12. The number of furan rings is 1. The second kappa shape index (κ2) is 8.31. The van der Waals surface area contributed by atoms with E-state index in [1.165, 1.54) is 0 Å². The third-order valence-corrected chi connectivity index (χ3v) is 4.43. The van der Waals surface area contributed by atoms with Crippen molar-refractivity contribution in [2.75, 3.05) is 33.4 Å². The highest BCUT2D eigenvalue weighted by Crippen LogP contribution is 2.17. The first-order chi connectivity index (χ1) is 12.2. The van der Waals surface area contributed by atoms with E-state index in [1.54, 1.807) is 12.5 Å². The quantitative estimate of drug-likeness (QED) is 0.762. The Labute approximate surface area is 148 Å². The normalized spacial score (nSPS) is 17.6. The van der Waals surface area contributed by atoms with Gasteiger partial charge in [0.2, 0.25) is 5.91 Å². The van der Waals surface area contributed by atoms with Gasteiger partial charge in [0.15, 0.2) is 0 Å². The first-order valence-corrected chi connectivity index (χ1v) is 8.72. The summed E-state index contributed by atoms with van der Waals surface area (Å²) < 4.78 is 12.9. The van der Waals surface area contributed by atoms with Gasteiger partial charge in [-0.05, 0) is 26.1 Å². The van der Waals surface area contributed by atoms with Crippen molar-refractivity contribution in [3.63, 3.8) is 0 Å². The minimum absolute atomic E-state index is 0.0250. The number of amides is 1. The van der Waals surface area contributed by atoms with E-state index in [0.29, 0.717) is 25.6 Å². The third kappa shape index (κ3) is 4.70. The van der Waals surface area contributed by atoms with Gasteiger partial charge in [-0.3, -0.25) is 9.69 Å². The van der Waals surface area contributed by atoms with E-state index in [4.69, 9.17) is 9.15 Å². The molecule has 7 nitrogen and oxygen atoms in total. The lowest BCUT2D eigenvalue weighted by Gasteiger charge is -2.27. The number of carbonyl (C=O) groups excluding carboxylic acids is 1. The highest BCUT2D eigenvalue weighted by atomic mass is 16.5. The first kappa shape index (κ1) is 17.7. The van der Waals surface area contributed by atoms with Gasteiger partial charge in [0.1, 0.15) is 18.2 Å². The van der Waals surface area contributed by atoms with Crippen LogP contribution in [0.2, 0.25) is 0 Å². The predicted molar refractivity (Wildman–Crippen MR) is 92.7 cm³/mol. The summed E-state index contributed by atoms with van der Waals surface area (Å²) in [6, 6.07) is 3.89. The number of carbonyl (C=O) groups is 1. The van der Waals surface area contributed by atoms with Crippen LogP contribution >= 0.6 is 0 Å². The molecule has 0 aromatic carbocycles. The number of rotatable bonds is 7. The maximum Gasteiger partial charge on any atom is 0.248 e. The van der Waals surface area contributed by atoms with Crippen molar-refractivity contribution in [2.24, 2.45) is 5.92 Å². The van der Waals surface area contributed by atoms with Crippen LogP contribution in [0.4, 0.5) is 0 Å². The topological polar surface area (TPSA) is 63.7 Å². The van der Waals surface area contributed by atoms with Gasteiger partial charge >= 0.3 is 0 Å². The Morgan fingerprint density at radius 2 is 2.36 bits per heavy atom. The molecule has 25 heavy (non-hydrogen) atoms. The third-order valence-electron chi connectivity index (χ3n) is 4.43. The summed E-state index contributed by atoms with van der Waals surface area (Å²) in [4.78, 5) is 21.0. The van der Waals surface area contributed by atoms with Crippen LogP contribution in [0.25, 0.3) is 0 Å². The Bertz CT molecular complexity index is 668. The van der Waals surface area contributed by atoms with Crippen molar-refractivity contribution in [1.82, 2.24) is 19.4 Å². The van der Waals surface area contributed by atoms with Gasteiger partial charge < -0.3 is 18.6 Å². The maximum absolute atomic E-state index is 12.5. The molecule has 136 valence electrons. The molecule has 0 aliphatic carbocycles. The molecular formula is C18H26N4O3. The monoisotopic (exact) mass is 346 g/mol. The van der Waals surface area contributed by atoms with Gasteiger partial charge in [-0.15, -0.1) is 0 Å². The van der Waals surface area contributed by atoms with Crippen LogP contribution in [0, 0.1) is 5.92 Å². The highest BCUT2D eigenvalue weighted by molar-refractivity contribution is 5.77. The Morgan fingerprint density at radius 1 is 1.48 bits per heavy atom. The molecule has 3 heterocycles. The van der Waals surface area contributed by atoms with Crippen LogP contribution in [0.15, 0.2) is 35.2 Å². The number of nitrogens with zero attached hydrogens (tertiary/aromatic N) is 4. The molecule has 3 rings (SSSR count). The largest absolute Gasteiger partial charge is 0.468 e. The molecule has 0 radical (unpaired) electrons. The Kier molecular flexibility index (Phi) is 5.88. The van der Waals surface area contributed by atoms with Crippen LogP contribution in [-0.4, -0.2) is 58.6 Å². The fraction of sp³-hybridized carbons (Fsp3) is 0.556.